The summed E-state index contributed by atoms with van der Waals surface area (Å²) in [6.07, 6.45) is 4.60. The molecule has 3 heteroatoms. The molecule has 0 aromatic heterocycles. The first-order valence-electron chi connectivity index (χ1n) is 5.72. The summed E-state index contributed by atoms with van der Waals surface area (Å²) in [5, 5.41) is 0. The maximum atomic E-state index is 11.2. The maximum Gasteiger partial charge on any atom is 0.234 e. The van der Waals surface area contributed by atoms with Crippen LogP contribution in [0.1, 0.15) is 39.5 Å². The second-order valence-electron chi connectivity index (χ2n) is 4.26. The third-order valence-electron chi connectivity index (χ3n) is 3.17. The number of amides is 1. The molecule has 0 saturated carbocycles. The Morgan fingerprint density at radius 2 is 2.29 bits per heavy atom. The highest BCUT2D eigenvalue weighted by atomic mass is 16.1. The summed E-state index contributed by atoms with van der Waals surface area (Å²) >= 11 is 0. The zero-order chi connectivity index (χ0) is 10.6. The van der Waals surface area contributed by atoms with Crippen molar-refractivity contribution in [2.24, 2.45) is 11.7 Å². The van der Waals surface area contributed by atoms with E-state index in [1.165, 1.54) is 19.3 Å². The van der Waals surface area contributed by atoms with Gasteiger partial charge in [-0.05, 0) is 31.7 Å². The van der Waals surface area contributed by atoms with Crippen molar-refractivity contribution in [1.29, 1.82) is 0 Å². The first-order valence-corrected chi connectivity index (χ1v) is 5.72. The van der Waals surface area contributed by atoms with Gasteiger partial charge in [-0.25, -0.2) is 0 Å². The Morgan fingerprint density at radius 1 is 1.57 bits per heavy atom. The second kappa shape index (κ2) is 5.35. The Labute approximate surface area is 86.6 Å². The van der Waals surface area contributed by atoms with Gasteiger partial charge in [0.25, 0.3) is 0 Å². The predicted molar refractivity (Wildman–Crippen MR) is 57.9 cm³/mol. The summed E-state index contributed by atoms with van der Waals surface area (Å²) < 4.78 is 0. The zero-order valence-electron chi connectivity index (χ0n) is 9.33. The predicted octanol–water partition coefficient (Wildman–Crippen LogP) is 1.37. The largest absolute Gasteiger partial charge is 0.368 e. The molecule has 1 rings (SSSR count). The quantitative estimate of drug-likeness (QED) is 0.725. The Bertz CT molecular complexity index is 194. The van der Waals surface area contributed by atoms with E-state index in [0.717, 1.165) is 25.4 Å². The number of likely N-dealkylation sites (tertiary alicyclic amines) is 1. The van der Waals surface area contributed by atoms with Gasteiger partial charge in [0.2, 0.25) is 5.91 Å². The van der Waals surface area contributed by atoms with Gasteiger partial charge in [0.1, 0.15) is 0 Å². The fourth-order valence-electron chi connectivity index (χ4n) is 2.43. The van der Waals surface area contributed by atoms with Crippen molar-refractivity contribution < 1.29 is 4.79 Å². The molecule has 2 atom stereocenters. The van der Waals surface area contributed by atoms with Gasteiger partial charge in [-0.2, -0.15) is 0 Å². The van der Waals surface area contributed by atoms with E-state index in [1.54, 1.807) is 0 Å². The summed E-state index contributed by atoms with van der Waals surface area (Å²) in [5.41, 5.74) is 5.37. The van der Waals surface area contributed by atoms with Gasteiger partial charge < -0.3 is 5.73 Å². The molecule has 0 spiro atoms. The lowest BCUT2D eigenvalue weighted by atomic mass is 10.0. The van der Waals surface area contributed by atoms with Gasteiger partial charge >= 0.3 is 0 Å². The lowest BCUT2D eigenvalue weighted by Gasteiger charge is -2.23. The molecule has 0 radical (unpaired) electrons. The smallest absolute Gasteiger partial charge is 0.234 e. The molecule has 1 unspecified atom stereocenters. The molecule has 1 amide bonds. The van der Waals surface area contributed by atoms with Crippen LogP contribution in [0.3, 0.4) is 0 Å². The molecule has 14 heavy (non-hydrogen) atoms. The molecular formula is C11H22N2O. The van der Waals surface area contributed by atoms with E-state index >= 15 is 0 Å². The second-order valence-corrected chi connectivity index (χ2v) is 4.26. The van der Waals surface area contributed by atoms with Crippen LogP contribution in [0.15, 0.2) is 0 Å². The van der Waals surface area contributed by atoms with Crippen molar-refractivity contribution in [2.75, 3.05) is 13.1 Å². The van der Waals surface area contributed by atoms with Crippen LogP contribution >= 0.6 is 0 Å². The Balaban J connectivity index is 2.43. The van der Waals surface area contributed by atoms with Crippen molar-refractivity contribution in [3.8, 4) is 0 Å². The van der Waals surface area contributed by atoms with E-state index in [0.29, 0.717) is 0 Å². The summed E-state index contributed by atoms with van der Waals surface area (Å²) in [7, 11) is 0. The van der Waals surface area contributed by atoms with Crippen molar-refractivity contribution in [3.05, 3.63) is 0 Å². The third-order valence-corrected chi connectivity index (χ3v) is 3.17. The molecule has 0 aliphatic carbocycles. The fourth-order valence-corrected chi connectivity index (χ4v) is 2.43. The SMILES string of the molecule is CCC[C@H]1CCN(C(CC)C(N)=O)C1. The summed E-state index contributed by atoms with van der Waals surface area (Å²) in [5.74, 6) is 0.623. The summed E-state index contributed by atoms with van der Waals surface area (Å²) in [6.45, 7) is 6.36. The first-order chi connectivity index (χ1) is 6.69. The van der Waals surface area contributed by atoms with Gasteiger partial charge in [0.05, 0.1) is 6.04 Å². The van der Waals surface area contributed by atoms with Gasteiger partial charge in [0.15, 0.2) is 0 Å². The molecule has 1 heterocycles. The Morgan fingerprint density at radius 3 is 2.79 bits per heavy atom. The fraction of sp³-hybridized carbons (Fsp3) is 0.909. The van der Waals surface area contributed by atoms with Gasteiger partial charge in [-0.15, -0.1) is 0 Å². The minimum absolute atomic E-state index is 0.0307. The minimum atomic E-state index is -0.162. The van der Waals surface area contributed by atoms with Crippen LogP contribution in [0.2, 0.25) is 0 Å². The van der Waals surface area contributed by atoms with Gasteiger partial charge in [-0.1, -0.05) is 20.3 Å². The van der Waals surface area contributed by atoms with Crippen LogP contribution in [-0.4, -0.2) is 29.9 Å². The number of hydrogen-bond acceptors (Lipinski definition) is 2. The molecule has 0 aromatic carbocycles. The highest BCUT2D eigenvalue weighted by Gasteiger charge is 2.29. The summed E-state index contributed by atoms with van der Waals surface area (Å²) in [4.78, 5) is 13.4. The zero-order valence-corrected chi connectivity index (χ0v) is 9.33. The molecule has 1 saturated heterocycles. The molecule has 2 N–H and O–H groups in total. The highest BCUT2D eigenvalue weighted by Crippen LogP contribution is 2.23. The number of carbonyl (C=O) groups excluding carboxylic acids is 1. The Kier molecular flexibility index (Phi) is 4.39. The van der Waals surface area contributed by atoms with E-state index in [9.17, 15) is 4.79 Å². The number of nitrogens with two attached hydrogens (primary N) is 1. The normalized spacial score (nSPS) is 25.1. The number of hydrogen-bond donors (Lipinski definition) is 1. The molecule has 1 fully saturated rings. The molecule has 3 nitrogen and oxygen atoms in total. The average molecular weight is 198 g/mol. The van der Waals surface area contributed by atoms with Crippen LogP contribution in [0, 0.1) is 5.92 Å². The average Bonchev–Trinajstić information content (AvgIpc) is 2.54. The van der Waals surface area contributed by atoms with E-state index in [2.05, 4.69) is 11.8 Å². The van der Waals surface area contributed by atoms with Crippen molar-refractivity contribution in [2.45, 2.75) is 45.6 Å². The standard InChI is InChI=1S/C11H22N2O/c1-3-5-9-6-7-13(8-9)10(4-2)11(12)14/h9-10H,3-8H2,1-2H3,(H2,12,14)/t9-,10?/m0/s1. The molecule has 1 aliphatic heterocycles. The van der Waals surface area contributed by atoms with Gasteiger partial charge in [-0.3, -0.25) is 9.69 Å². The van der Waals surface area contributed by atoms with Gasteiger partial charge in [0, 0.05) is 6.54 Å². The van der Waals surface area contributed by atoms with Crippen LogP contribution in [-0.2, 0) is 4.79 Å². The van der Waals surface area contributed by atoms with E-state index in [1.807, 2.05) is 6.92 Å². The minimum Gasteiger partial charge on any atom is -0.368 e. The van der Waals surface area contributed by atoms with E-state index in [-0.39, 0.29) is 11.9 Å². The highest BCUT2D eigenvalue weighted by molar-refractivity contribution is 5.79. The number of rotatable bonds is 5. The number of primary amides is 1. The molecular weight excluding hydrogens is 176 g/mol. The van der Waals surface area contributed by atoms with E-state index in [4.69, 9.17) is 5.73 Å². The lowest BCUT2D eigenvalue weighted by molar-refractivity contribution is -0.123. The van der Waals surface area contributed by atoms with Crippen LogP contribution in [0.5, 0.6) is 0 Å². The number of carbonyl (C=O) groups is 1. The van der Waals surface area contributed by atoms with Crippen LogP contribution < -0.4 is 5.73 Å². The molecule has 82 valence electrons. The van der Waals surface area contributed by atoms with Crippen molar-refractivity contribution >= 4 is 5.91 Å². The molecule has 1 aliphatic rings. The molecule has 0 aromatic rings. The number of nitrogens with zero attached hydrogens (tertiary/aromatic N) is 1. The summed E-state index contributed by atoms with van der Waals surface area (Å²) in [6, 6.07) is -0.0307. The van der Waals surface area contributed by atoms with Crippen molar-refractivity contribution in [1.82, 2.24) is 4.90 Å². The van der Waals surface area contributed by atoms with Crippen molar-refractivity contribution in [3.63, 3.8) is 0 Å². The van der Waals surface area contributed by atoms with E-state index < -0.39 is 0 Å². The topological polar surface area (TPSA) is 46.3 Å². The molecule has 0 bridgehead atoms. The third kappa shape index (κ3) is 2.71. The maximum absolute atomic E-state index is 11.2. The monoisotopic (exact) mass is 198 g/mol. The lowest BCUT2D eigenvalue weighted by Crippen LogP contribution is -2.43. The Hall–Kier alpha value is -0.570. The van der Waals surface area contributed by atoms with Crippen LogP contribution in [0.25, 0.3) is 0 Å². The van der Waals surface area contributed by atoms with Crippen LogP contribution in [0.4, 0.5) is 0 Å². The first kappa shape index (κ1) is 11.5.